The second-order valence-electron chi connectivity index (χ2n) is 29.4. The molecule has 0 fully saturated rings. The summed E-state index contributed by atoms with van der Waals surface area (Å²) in [6.45, 7) is 2.15. The molecule has 24 nitrogen and oxygen atoms in total. The molecule has 0 saturated heterocycles. The van der Waals surface area contributed by atoms with Crippen molar-refractivity contribution in [1.82, 2.24) is 19.9 Å². The van der Waals surface area contributed by atoms with Gasteiger partial charge in [0.05, 0.1) is 62.7 Å². The van der Waals surface area contributed by atoms with Crippen LogP contribution in [-0.2, 0) is 73.7 Å². The lowest BCUT2D eigenvalue weighted by Crippen LogP contribution is -2.19. The number of amides is 1. The summed E-state index contributed by atoms with van der Waals surface area (Å²) in [5.41, 5.74) is 15.7. The molecule has 0 unspecified atom stereocenters. The summed E-state index contributed by atoms with van der Waals surface area (Å²) in [7, 11) is 0. The third-order valence-corrected chi connectivity index (χ3v) is 20.1. The van der Waals surface area contributed by atoms with Crippen molar-refractivity contribution >= 4 is 95.8 Å². The van der Waals surface area contributed by atoms with Crippen molar-refractivity contribution in [2.45, 2.75) is 94.4 Å². The van der Waals surface area contributed by atoms with E-state index < -0.39 is 52.4 Å². The van der Waals surface area contributed by atoms with Crippen molar-refractivity contribution in [2.24, 2.45) is 5.73 Å². The fraction of sp³-hybridized carbons (Fsp3) is 0.140. The molecule has 0 spiro atoms. The number of nitrogens with two attached hydrogens (primary N) is 1. The van der Waals surface area contributed by atoms with E-state index >= 15 is 0 Å². The van der Waals surface area contributed by atoms with E-state index in [4.69, 9.17) is 79.7 Å². The summed E-state index contributed by atoms with van der Waals surface area (Å²) in [6, 6.07) is 96.2. The van der Waals surface area contributed by atoms with Gasteiger partial charge >= 0.3 is 17.9 Å². The number of hydrogen-bond acceptors (Lipinski definition) is 20. The lowest BCUT2D eigenvalue weighted by atomic mass is 10.1. The molecule has 682 valence electrons. The number of carbonyl (C=O) groups is 5. The van der Waals surface area contributed by atoms with Gasteiger partial charge < -0.3 is 68.1 Å². The highest BCUT2D eigenvalue weighted by molar-refractivity contribution is 6.33. The molecule has 1 amide bonds. The number of carbonyl (C=O) groups excluding carboxylic acids is 2. The molecular weight excluding hydrogens is 1730 g/mol. The number of aromatic carboxylic acids is 1. The fourth-order valence-electron chi connectivity index (χ4n) is 13.1. The van der Waals surface area contributed by atoms with Crippen molar-refractivity contribution in [1.29, 1.82) is 0 Å². The van der Waals surface area contributed by atoms with Gasteiger partial charge in [-0.15, -0.1) is 0 Å². The number of hydrogen-bond donors (Lipinski definition) is 4. The number of ether oxygens (including phenoxy) is 9. The molecule has 27 heteroatoms. The van der Waals surface area contributed by atoms with Crippen molar-refractivity contribution in [2.75, 3.05) is 6.61 Å². The predicted molar refractivity (Wildman–Crippen MR) is 509 cm³/mol. The molecule has 0 atom stereocenters. The van der Waals surface area contributed by atoms with Crippen LogP contribution in [0.4, 0.5) is 8.78 Å². The Morgan fingerprint density at radius 1 is 0.351 bits per heavy atom. The average Bonchev–Trinajstić information content (AvgIpc) is 0.776. The van der Waals surface area contributed by atoms with Gasteiger partial charge in [0.2, 0.25) is 5.76 Å². The topological polar surface area (TPSA) is 337 Å². The first-order valence-corrected chi connectivity index (χ1v) is 41.4. The number of carboxylic acid groups (broad SMARTS) is 3. The van der Waals surface area contributed by atoms with Crippen molar-refractivity contribution < 1.29 is 95.1 Å². The van der Waals surface area contributed by atoms with Crippen LogP contribution in [0.1, 0.15) is 107 Å². The van der Waals surface area contributed by atoms with E-state index in [1.807, 2.05) is 243 Å². The first kappa shape index (κ1) is 98.0. The molecule has 17 rings (SSSR count). The minimum atomic E-state index is -1.33. The minimum Gasteiger partial charge on any atom is -0.489 e. The summed E-state index contributed by atoms with van der Waals surface area (Å²) in [5.74, 6) is -1.71. The van der Waals surface area contributed by atoms with E-state index in [1.54, 1.807) is 30.3 Å². The van der Waals surface area contributed by atoms with Crippen LogP contribution in [0.2, 0.25) is 5.02 Å². The number of Topliss-reactive ketones (excluding diaryl/α,β-unsaturated/α-hetero) is 1. The number of nitrogens with zero attached hydrogens (tertiary/aromatic N) is 4. The molecule has 134 heavy (non-hydrogen) atoms. The number of halogens is 3. The van der Waals surface area contributed by atoms with Gasteiger partial charge in [-0.3, -0.25) is 24.0 Å². The predicted octanol–water partition coefficient (Wildman–Crippen LogP) is 22.8. The zero-order valence-electron chi connectivity index (χ0n) is 70.0. The van der Waals surface area contributed by atoms with E-state index in [9.17, 15) is 37.5 Å². The molecule has 5 aromatic heterocycles. The summed E-state index contributed by atoms with van der Waals surface area (Å²) >= 11 is 6.26. The Morgan fingerprint density at radius 3 is 1.06 bits per heavy atom. The Morgan fingerprint density at radius 2 is 0.694 bits per heavy atom. The SMILES string of the molecule is C.C.C.NC(=O)COc1ccc(COc2ccc(OCc3ccc4ccccc4n3)cc2)cc1.O=C(O)CCC(=O)c1ccc(OCc2ccc(OCc3ccc4ccccc4n3)cc2)c(F)c1.O=C(O)Cc1ccc(OCc2ccc(OCc3ccc4ccccc4n3)cc2)c(F)c1.O=C(O)c1cc(=O)c2c(OCc3ccc(OCc4ccc5ccccc5n4)cc3)c(Cl)ccc2o1. The maximum absolute atomic E-state index is 14.3. The van der Waals surface area contributed by atoms with E-state index in [2.05, 4.69) is 19.9 Å². The van der Waals surface area contributed by atoms with E-state index in [0.29, 0.717) is 61.6 Å². The normalized spacial score (nSPS) is 10.5. The van der Waals surface area contributed by atoms with Crippen LogP contribution in [0.25, 0.3) is 54.6 Å². The number of primary amides is 1. The molecule has 0 aliphatic rings. The number of aromatic nitrogens is 4. The summed E-state index contributed by atoms with van der Waals surface area (Å²) in [6.07, 6.45) is -0.703. The molecule has 12 aromatic carbocycles. The minimum absolute atomic E-state index is 0. The molecule has 0 bridgehead atoms. The lowest BCUT2D eigenvalue weighted by Gasteiger charge is -2.11. The van der Waals surface area contributed by atoms with Gasteiger partial charge in [-0.2, -0.15) is 0 Å². The van der Waals surface area contributed by atoms with Gasteiger partial charge in [0.15, 0.2) is 46.7 Å². The van der Waals surface area contributed by atoms with Crippen molar-refractivity contribution in [3.8, 4) is 51.7 Å². The molecule has 0 aliphatic carbocycles. The van der Waals surface area contributed by atoms with Gasteiger partial charge in [0.25, 0.3) is 5.91 Å². The number of ketones is 1. The first-order chi connectivity index (χ1) is 63.7. The van der Waals surface area contributed by atoms with Gasteiger partial charge in [-0.1, -0.05) is 186 Å². The Bertz CT molecular complexity index is 6960. The van der Waals surface area contributed by atoms with Crippen LogP contribution in [0.5, 0.6) is 51.7 Å². The number of rotatable bonds is 34. The fourth-order valence-corrected chi connectivity index (χ4v) is 13.3. The number of aliphatic carboxylic acids is 2. The molecule has 5 N–H and O–H groups in total. The second kappa shape index (κ2) is 48.2. The molecule has 5 heterocycles. The Labute approximate surface area is 775 Å². The smallest absolute Gasteiger partial charge is 0.371 e. The van der Waals surface area contributed by atoms with Crippen LogP contribution in [-0.4, -0.2) is 71.5 Å². The molecule has 0 saturated carbocycles. The highest BCUT2D eigenvalue weighted by Crippen LogP contribution is 2.34. The standard InChI is InChI=1S/C27H18ClNO6.C27H22FNO5.C25H20FNO4.C25H22N2O4.3CH4/c28-20-11-12-23-25(22(30)13-24(35-23)27(31)32)26(20)34-14-16-5-9-19(10-6-16)33-15-18-8-7-17-3-1-2-4-21(17)29-18;28-23-15-20(25(30)12-14-27(31)32)8-13-26(23)34-16-18-5-10-22(11-6-18)33-17-21-9-7-19-3-1-2-4-24(19)29-21;26-22-13-18(14-25(28)29)7-12-24(22)31-15-17-5-10-21(11-6-17)30-16-20-9-8-19-3-1-2-4-23(19)27-20;26-25(28)17-31-21-9-5-18(6-10-21)15-29-22-11-13-23(14-12-22)30-16-20-8-7-19-3-1-2-4-24(19)27-20;;;/h1-13H,14-15H2,(H,31,32);1-11,13,15H,12,14,16-17H2,(H,31,32);1-13H,14-16H2,(H,28,29);1-14H,15-17H2,(H2,26,28);3*1H4. The van der Waals surface area contributed by atoms with Gasteiger partial charge in [-0.05, 0) is 192 Å². The Hall–Kier alpha value is -16.6. The van der Waals surface area contributed by atoms with Crippen molar-refractivity contribution in [3.05, 3.63) is 410 Å². The van der Waals surface area contributed by atoms with Crippen LogP contribution >= 0.6 is 11.6 Å². The number of pyridine rings is 4. The quantitative estimate of drug-likeness (QED) is 0.0272. The van der Waals surface area contributed by atoms with Gasteiger partial charge in [0, 0.05) is 39.6 Å². The van der Waals surface area contributed by atoms with Crippen LogP contribution in [0, 0.1) is 11.6 Å². The average molecular weight is 1830 g/mol. The third-order valence-electron chi connectivity index (χ3n) is 19.8. The second-order valence-corrected chi connectivity index (χ2v) is 29.8. The van der Waals surface area contributed by atoms with Gasteiger partial charge in [-0.25, -0.2) is 33.5 Å². The highest BCUT2D eigenvalue weighted by Gasteiger charge is 2.20. The maximum atomic E-state index is 14.3. The van der Waals surface area contributed by atoms with Crippen LogP contribution < -0.4 is 53.8 Å². The first-order valence-electron chi connectivity index (χ1n) is 41.0. The zero-order chi connectivity index (χ0) is 91.4. The number of para-hydroxylation sites is 4. The van der Waals surface area contributed by atoms with Gasteiger partial charge in [0.1, 0.15) is 98.3 Å². The summed E-state index contributed by atoms with van der Waals surface area (Å²) in [5, 5.41) is 31.2. The zero-order valence-corrected chi connectivity index (χ0v) is 70.7. The molecular formula is C107H94ClF2N5O19. The number of carboxylic acids is 3. The Kier molecular flexibility index (Phi) is 35.2. The monoisotopic (exact) mass is 1830 g/mol. The number of benzene rings is 12. The van der Waals surface area contributed by atoms with E-state index in [1.165, 1.54) is 36.4 Å². The largest absolute Gasteiger partial charge is 0.489 e. The Balaban J connectivity index is 0.000000171. The molecule has 0 aliphatic heterocycles. The summed E-state index contributed by atoms with van der Waals surface area (Å²) < 4.78 is 85.0. The van der Waals surface area contributed by atoms with E-state index in [0.717, 1.165) is 112 Å². The molecule has 0 radical (unpaired) electrons. The number of fused-ring (bicyclic) bond motifs is 5. The highest BCUT2D eigenvalue weighted by atomic mass is 35.5. The van der Waals surface area contributed by atoms with Crippen LogP contribution in [0.15, 0.2) is 331 Å². The third kappa shape index (κ3) is 28.4. The van der Waals surface area contributed by atoms with E-state index in [-0.39, 0.29) is 107 Å². The summed E-state index contributed by atoms with van der Waals surface area (Å²) in [4.78, 5) is 86.1. The van der Waals surface area contributed by atoms with Crippen molar-refractivity contribution in [3.63, 3.8) is 0 Å². The lowest BCUT2D eigenvalue weighted by molar-refractivity contribution is -0.137. The molecule has 17 aromatic rings. The maximum Gasteiger partial charge on any atom is 0.371 e. The van der Waals surface area contributed by atoms with Crippen LogP contribution in [0.3, 0.4) is 0 Å².